The summed E-state index contributed by atoms with van der Waals surface area (Å²) in [5.41, 5.74) is 5.98. The lowest BCUT2D eigenvalue weighted by molar-refractivity contribution is -0.136. The number of imide groups is 1. The maximum Gasteiger partial charge on any atom is 0.262 e. The Morgan fingerprint density at radius 3 is 2.22 bits per heavy atom. The van der Waals surface area contributed by atoms with Gasteiger partial charge in [0.25, 0.3) is 11.8 Å². The Morgan fingerprint density at radius 1 is 0.917 bits per heavy atom. The van der Waals surface area contributed by atoms with E-state index < -0.39 is 0 Å². The molecular weight excluding hydrogens is 507 g/mol. The zero-order valence-electron chi connectivity index (χ0n) is 21.5. The van der Waals surface area contributed by atoms with Gasteiger partial charge in [-0.25, -0.2) is 9.12 Å². The second-order valence-electron chi connectivity index (χ2n) is 10.6. The fraction of sp³-hybridized carbons (Fsp3) is 0.464. The number of nitrogens with one attached hydrogen (secondary N) is 1. The number of hydrogen-bond donors (Lipinski definition) is 1. The molecule has 1 aliphatic carbocycles. The van der Waals surface area contributed by atoms with E-state index in [4.69, 9.17) is 4.40 Å². The number of thiophene rings is 2. The Balaban J connectivity index is 1.56. The molecule has 0 spiro atoms. The van der Waals surface area contributed by atoms with Crippen LogP contribution in [-0.2, 0) is 9.59 Å². The minimum absolute atomic E-state index is 0.158. The zero-order valence-corrected chi connectivity index (χ0v) is 24.0. The van der Waals surface area contributed by atoms with Crippen LogP contribution in [0.25, 0.3) is 11.1 Å². The SMILES string of the molecule is Cc1csc(C2=C3C(=O)N(CCC(C)CCCC(C)C)C(=O)C3=C(c3cc(C)cs3)[C@H]3NSN=C23)c1. The number of aryl methyl sites for hydroxylation is 2. The first kappa shape index (κ1) is 25.6. The summed E-state index contributed by atoms with van der Waals surface area (Å²) in [6, 6.07) is 4.01. The van der Waals surface area contributed by atoms with Crippen molar-refractivity contribution < 1.29 is 9.59 Å². The molecule has 2 aromatic heterocycles. The van der Waals surface area contributed by atoms with E-state index in [1.165, 1.54) is 29.9 Å². The molecule has 0 radical (unpaired) electrons. The maximum atomic E-state index is 14.0. The van der Waals surface area contributed by atoms with E-state index in [9.17, 15) is 9.59 Å². The Morgan fingerprint density at radius 2 is 1.58 bits per heavy atom. The molecule has 0 bridgehead atoms. The molecule has 1 N–H and O–H groups in total. The second kappa shape index (κ2) is 10.4. The van der Waals surface area contributed by atoms with Gasteiger partial charge in [0, 0.05) is 27.4 Å². The third-order valence-electron chi connectivity index (χ3n) is 7.12. The Bertz CT molecular complexity index is 1300. The van der Waals surface area contributed by atoms with E-state index in [0.29, 0.717) is 29.5 Å². The number of hydrogen-bond acceptors (Lipinski definition) is 7. The number of carbonyl (C=O) groups excluding carboxylic acids is 2. The van der Waals surface area contributed by atoms with Crippen LogP contribution >= 0.6 is 34.8 Å². The maximum absolute atomic E-state index is 14.0. The first-order chi connectivity index (χ1) is 17.3. The molecule has 5 nitrogen and oxygen atoms in total. The molecular formula is C28H33N3O2S3. The standard InChI is InChI=1S/C28H33N3O2S3/c1-15(2)7-6-8-16(3)9-10-31-27(32)23-21(19-11-17(4)13-34-19)25-26(30-36-29-25)22(24(23)28(31)33)20-12-18(5)14-35-20/h11-16,25,29H,6-10H2,1-5H3/t16?,25-/m1/s1. The van der Waals surface area contributed by atoms with Crippen LogP contribution in [0.2, 0.25) is 0 Å². The number of amides is 2. The smallest absolute Gasteiger partial charge is 0.262 e. The Labute approximate surface area is 226 Å². The fourth-order valence-corrected chi connectivity index (χ4v) is 7.80. The molecule has 2 aliphatic heterocycles. The first-order valence-corrected chi connectivity index (χ1v) is 15.2. The van der Waals surface area contributed by atoms with Gasteiger partial charge in [0.05, 0.1) is 35.0 Å². The van der Waals surface area contributed by atoms with E-state index in [0.717, 1.165) is 50.6 Å². The molecule has 2 aromatic rings. The first-order valence-electron chi connectivity index (χ1n) is 12.7. The van der Waals surface area contributed by atoms with Gasteiger partial charge in [0.1, 0.15) is 0 Å². The molecule has 1 fully saturated rings. The van der Waals surface area contributed by atoms with Crippen molar-refractivity contribution in [2.24, 2.45) is 16.2 Å². The lowest BCUT2D eigenvalue weighted by Gasteiger charge is -2.25. The molecule has 3 aliphatic rings. The van der Waals surface area contributed by atoms with Crippen molar-refractivity contribution >= 4 is 63.5 Å². The van der Waals surface area contributed by atoms with Crippen LogP contribution in [0.5, 0.6) is 0 Å². The predicted octanol–water partition coefficient (Wildman–Crippen LogP) is 6.84. The highest BCUT2D eigenvalue weighted by molar-refractivity contribution is 7.96. The number of likely N-dealkylation sites (tertiary alicyclic amines) is 1. The third kappa shape index (κ3) is 4.69. The van der Waals surface area contributed by atoms with Crippen molar-refractivity contribution in [3.8, 4) is 0 Å². The van der Waals surface area contributed by atoms with Crippen molar-refractivity contribution in [1.82, 2.24) is 9.62 Å². The Hall–Kier alpha value is -2.00. The number of fused-ring (bicyclic) bond motifs is 2. The highest BCUT2D eigenvalue weighted by Crippen LogP contribution is 2.48. The zero-order chi connectivity index (χ0) is 25.6. The van der Waals surface area contributed by atoms with Crippen molar-refractivity contribution in [3.05, 3.63) is 54.9 Å². The summed E-state index contributed by atoms with van der Waals surface area (Å²) in [6.07, 6.45) is 4.35. The van der Waals surface area contributed by atoms with Gasteiger partial charge in [-0.15, -0.1) is 22.7 Å². The van der Waals surface area contributed by atoms with Crippen LogP contribution < -0.4 is 4.72 Å². The molecule has 2 amide bonds. The number of carbonyl (C=O) groups is 2. The minimum Gasteiger partial charge on any atom is -0.274 e. The van der Waals surface area contributed by atoms with E-state index in [1.54, 1.807) is 22.7 Å². The summed E-state index contributed by atoms with van der Waals surface area (Å²) in [4.78, 5) is 31.5. The summed E-state index contributed by atoms with van der Waals surface area (Å²) in [5.74, 6) is 0.840. The van der Waals surface area contributed by atoms with Crippen LogP contribution in [0.1, 0.15) is 67.3 Å². The summed E-state index contributed by atoms with van der Waals surface area (Å²) in [6.45, 7) is 11.3. The highest BCUT2D eigenvalue weighted by Gasteiger charge is 2.50. The van der Waals surface area contributed by atoms with Crippen molar-refractivity contribution in [2.75, 3.05) is 6.54 Å². The van der Waals surface area contributed by atoms with E-state index in [2.05, 4.69) is 62.2 Å². The third-order valence-corrected chi connectivity index (χ3v) is 9.89. The molecule has 5 rings (SSSR count). The van der Waals surface area contributed by atoms with Gasteiger partial charge in [-0.3, -0.25) is 14.5 Å². The van der Waals surface area contributed by atoms with Gasteiger partial charge in [-0.2, -0.15) is 0 Å². The largest absolute Gasteiger partial charge is 0.274 e. The van der Waals surface area contributed by atoms with Crippen LogP contribution in [0.15, 0.2) is 38.4 Å². The van der Waals surface area contributed by atoms with Crippen molar-refractivity contribution in [2.45, 2.75) is 66.3 Å². The quantitative estimate of drug-likeness (QED) is 0.280. The van der Waals surface area contributed by atoms with Crippen LogP contribution in [0.4, 0.5) is 0 Å². The van der Waals surface area contributed by atoms with Gasteiger partial charge in [-0.05, 0) is 66.1 Å². The van der Waals surface area contributed by atoms with Crippen LogP contribution in [0.3, 0.4) is 0 Å². The van der Waals surface area contributed by atoms with Gasteiger partial charge < -0.3 is 0 Å². The number of nitrogens with zero attached hydrogens (tertiary/aromatic N) is 2. The summed E-state index contributed by atoms with van der Waals surface area (Å²) in [5, 5.41) is 4.19. The van der Waals surface area contributed by atoms with Crippen LogP contribution in [0, 0.1) is 25.7 Å². The normalized spacial score (nSPS) is 20.6. The highest BCUT2D eigenvalue weighted by atomic mass is 32.2. The summed E-state index contributed by atoms with van der Waals surface area (Å²) < 4.78 is 8.15. The molecule has 0 aromatic carbocycles. The molecule has 0 saturated carbocycles. The minimum atomic E-state index is -0.212. The van der Waals surface area contributed by atoms with Gasteiger partial charge in [-0.1, -0.05) is 40.0 Å². The van der Waals surface area contributed by atoms with Gasteiger partial charge >= 0.3 is 0 Å². The Kier molecular flexibility index (Phi) is 7.41. The lowest BCUT2D eigenvalue weighted by Crippen LogP contribution is -2.34. The van der Waals surface area contributed by atoms with E-state index in [-0.39, 0.29) is 17.9 Å². The topological polar surface area (TPSA) is 61.8 Å². The molecule has 36 heavy (non-hydrogen) atoms. The fourth-order valence-electron chi connectivity index (χ4n) is 5.17. The average molecular weight is 540 g/mol. The summed E-state index contributed by atoms with van der Waals surface area (Å²) >= 11 is 4.53. The molecule has 2 atom stereocenters. The molecule has 190 valence electrons. The van der Waals surface area contributed by atoms with Crippen molar-refractivity contribution in [3.63, 3.8) is 0 Å². The van der Waals surface area contributed by atoms with Gasteiger partial charge in [0.15, 0.2) is 0 Å². The second-order valence-corrected chi connectivity index (χ2v) is 13.0. The summed E-state index contributed by atoms with van der Waals surface area (Å²) in [7, 11) is 0. The lowest BCUT2D eigenvalue weighted by atomic mass is 9.81. The molecule has 1 saturated heterocycles. The van der Waals surface area contributed by atoms with Crippen LogP contribution in [-0.4, -0.2) is 35.0 Å². The number of rotatable bonds is 9. The van der Waals surface area contributed by atoms with Gasteiger partial charge in [0.2, 0.25) is 0 Å². The van der Waals surface area contributed by atoms with E-state index >= 15 is 0 Å². The molecule has 8 heteroatoms. The molecule has 1 unspecified atom stereocenters. The van der Waals surface area contributed by atoms with E-state index in [1.807, 2.05) is 0 Å². The monoisotopic (exact) mass is 539 g/mol. The predicted molar refractivity (Wildman–Crippen MR) is 153 cm³/mol. The molecule has 4 heterocycles. The van der Waals surface area contributed by atoms with Crippen molar-refractivity contribution in [1.29, 1.82) is 0 Å². The average Bonchev–Trinajstić information content (AvgIpc) is 3.61.